The molecule has 0 saturated carbocycles. The number of aryl methyl sites for hydroxylation is 1. The molecule has 0 saturated heterocycles. The first-order valence-electron chi connectivity index (χ1n) is 9.30. The summed E-state index contributed by atoms with van der Waals surface area (Å²) in [6, 6.07) is 19.8. The van der Waals surface area contributed by atoms with Gasteiger partial charge in [-0.15, -0.1) is 0 Å². The Morgan fingerprint density at radius 1 is 1.00 bits per heavy atom. The molecule has 1 amide bonds. The quantitative estimate of drug-likeness (QED) is 0.354. The van der Waals surface area contributed by atoms with Crippen molar-refractivity contribution >= 4 is 28.2 Å². The van der Waals surface area contributed by atoms with Crippen LogP contribution in [0.3, 0.4) is 0 Å². The van der Waals surface area contributed by atoms with E-state index in [-0.39, 0.29) is 11.7 Å². The lowest BCUT2D eigenvalue weighted by Crippen LogP contribution is -2.30. The second-order valence-corrected chi connectivity index (χ2v) is 6.69. The molecule has 3 aromatic carbocycles. The highest BCUT2D eigenvalue weighted by molar-refractivity contribution is 5.95. The van der Waals surface area contributed by atoms with Gasteiger partial charge in [-0.3, -0.25) is 25.8 Å². The first-order valence-corrected chi connectivity index (χ1v) is 9.30. The molecule has 9 nitrogen and oxygen atoms in total. The van der Waals surface area contributed by atoms with Gasteiger partial charge in [0.2, 0.25) is 5.82 Å². The maximum atomic E-state index is 12.3. The minimum Gasteiger partial charge on any atom is -0.434 e. The SMILES string of the molecule is Cc1ccc(C(=O)NNc2ncnc(Oc3ccc4ccccc4c3)c2[N+](=O)[O-])cc1. The molecule has 4 rings (SSSR count). The minimum absolute atomic E-state index is 0.198. The Hall–Kier alpha value is -4.53. The lowest BCUT2D eigenvalue weighted by atomic mass is 10.1. The van der Waals surface area contributed by atoms with Crippen LogP contribution in [-0.2, 0) is 0 Å². The number of carbonyl (C=O) groups is 1. The highest BCUT2D eigenvalue weighted by Gasteiger charge is 2.25. The molecule has 1 aromatic heterocycles. The van der Waals surface area contributed by atoms with Gasteiger partial charge in [0, 0.05) is 5.56 Å². The van der Waals surface area contributed by atoms with Crippen molar-refractivity contribution in [3.8, 4) is 11.6 Å². The molecular formula is C22H17N5O4. The molecule has 1 heterocycles. The molecule has 0 aliphatic rings. The number of hydrogen-bond acceptors (Lipinski definition) is 7. The van der Waals surface area contributed by atoms with E-state index in [1.807, 2.05) is 37.3 Å². The fourth-order valence-electron chi connectivity index (χ4n) is 2.93. The summed E-state index contributed by atoms with van der Waals surface area (Å²) in [6.45, 7) is 1.90. The van der Waals surface area contributed by atoms with Gasteiger partial charge < -0.3 is 4.74 Å². The van der Waals surface area contributed by atoms with Crippen molar-refractivity contribution in [2.45, 2.75) is 6.92 Å². The van der Waals surface area contributed by atoms with Crippen LogP contribution in [0.25, 0.3) is 10.8 Å². The fraction of sp³-hybridized carbons (Fsp3) is 0.0455. The summed E-state index contributed by atoms with van der Waals surface area (Å²) in [4.78, 5) is 31.1. The van der Waals surface area contributed by atoms with Crippen LogP contribution in [0.15, 0.2) is 73.1 Å². The van der Waals surface area contributed by atoms with Gasteiger partial charge in [-0.2, -0.15) is 4.98 Å². The number of anilines is 1. The number of fused-ring (bicyclic) bond motifs is 1. The van der Waals surface area contributed by atoms with Gasteiger partial charge in [0.15, 0.2) is 0 Å². The number of aromatic nitrogens is 2. The minimum atomic E-state index is -0.670. The number of benzene rings is 3. The van der Waals surface area contributed by atoms with Crippen LogP contribution in [0.5, 0.6) is 11.6 Å². The van der Waals surface area contributed by atoms with Gasteiger partial charge in [0.25, 0.3) is 5.91 Å². The Balaban J connectivity index is 1.57. The van der Waals surface area contributed by atoms with Crippen LogP contribution in [0.2, 0.25) is 0 Å². The van der Waals surface area contributed by atoms with Gasteiger partial charge in [0.05, 0.1) is 4.92 Å². The first kappa shape index (κ1) is 19.8. The average molecular weight is 415 g/mol. The van der Waals surface area contributed by atoms with E-state index in [1.165, 1.54) is 0 Å². The number of carbonyl (C=O) groups excluding carboxylic acids is 1. The Morgan fingerprint density at radius 3 is 2.48 bits per heavy atom. The Morgan fingerprint density at radius 2 is 1.74 bits per heavy atom. The van der Waals surface area contributed by atoms with E-state index in [0.717, 1.165) is 22.7 Å². The molecule has 154 valence electrons. The van der Waals surface area contributed by atoms with Crippen molar-refractivity contribution in [2.24, 2.45) is 0 Å². The maximum Gasteiger partial charge on any atom is 0.374 e. The molecule has 0 spiro atoms. The van der Waals surface area contributed by atoms with Crippen LogP contribution >= 0.6 is 0 Å². The first-order chi connectivity index (χ1) is 15.0. The molecule has 0 aliphatic heterocycles. The standard InChI is InChI=1S/C22H17N5O4/c1-14-6-8-16(9-7-14)21(28)26-25-20-19(27(29)30)22(24-13-23-20)31-18-11-10-15-4-2-3-5-17(15)12-18/h2-13H,1H3,(H,26,28)(H,23,24,25). The smallest absolute Gasteiger partial charge is 0.374 e. The molecule has 0 bridgehead atoms. The molecule has 9 heteroatoms. The van der Waals surface area contributed by atoms with Crippen LogP contribution < -0.4 is 15.6 Å². The van der Waals surface area contributed by atoms with E-state index in [4.69, 9.17) is 4.74 Å². The fourth-order valence-corrected chi connectivity index (χ4v) is 2.93. The van der Waals surface area contributed by atoms with Crippen LogP contribution in [0.1, 0.15) is 15.9 Å². The van der Waals surface area contributed by atoms with Crippen molar-refractivity contribution in [2.75, 3.05) is 5.43 Å². The van der Waals surface area contributed by atoms with E-state index in [1.54, 1.807) is 36.4 Å². The molecular weight excluding hydrogens is 398 g/mol. The Kier molecular flexibility index (Phi) is 5.39. The largest absolute Gasteiger partial charge is 0.434 e. The second kappa shape index (κ2) is 8.46. The number of ether oxygens (including phenoxy) is 1. The molecule has 0 unspecified atom stereocenters. The van der Waals surface area contributed by atoms with Gasteiger partial charge in [-0.05, 0) is 42.0 Å². The third-order valence-electron chi connectivity index (χ3n) is 4.51. The molecule has 31 heavy (non-hydrogen) atoms. The number of nitrogens with one attached hydrogen (secondary N) is 2. The summed E-state index contributed by atoms with van der Waals surface area (Å²) in [6.07, 6.45) is 1.11. The zero-order valence-corrected chi connectivity index (χ0v) is 16.4. The Bertz CT molecular complexity index is 1270. The van der Waals surface area contributed by atoms with Crippen molar-refractivity contribution in [1.82, 2.24) is 15.4 Å². The van der Waals surface area contributed by atoms with Crippen molar-refractivity contribution < 1.29 is 14.5 Å². The lowest BCUT2D eigenvalue weighted by molar-refractivity contribution is -0.385. The second-order valence-electron chi connectivity index (χ2n) is 6.69. The predicted octanol–water partition coefficient (Wildman–Crippen LogP) is 4.40. The van der Waals surface area contributed by atoms with Crippen molar-refractivity contribution in [3.63, 3.8) is 0 Å². The number of nitro groups is 1. The van der Waals surface area contributed by atoms with Crippen LogP contribution in [0, 0.1) is 17.0 Å². The van der Waals surface area contributed by atoms with Crippen LogP contribution in [0.4, 0.5) is 11.5 Å². The predicted molar refractivity (Wildman–Crippen MR) is 115 cm³/mol. The lowest BCUT2D eigenvalue weighted by Gasteiger charge is -2.11. The summed E-state index contributed by atoms with van der Waals surface area (Å²) in [7, 11) is 0. The van der Waals surface area contributed by atoms with Crippen molar-refractivity contribution in [1.29, 1.82) is 0 Å². The zero-order valence-electron chi connectivity index (χ0n) is 16.4. The summed E-state index contributed by atoms with van der Waals surface area (Å²) < 4.78 is 5.68. The van der Waals surface area contributed by atoms with Gasteiger partial charge in [-0.25, -0.2) is 4.98 Å². The van der Waals surface area contributed by atoms with Gasteiger partial charge >= 0.3 is 11.6 Å². The molecule has 0 aliphatic carbocycles. The Labute approximate surface area is 176 Å². The third-order valence-corrected chi connectivity index (χ3v) is 4.51. The highest BCUT2D eigenvalue weighted by Crippen LogP contribution is 2.34. The van der Waals surface area contributed by atoms with Gasteiger partial charge in [0.1, 0.15) is 12.1 Å². The maximum absolute atomic E-state index is 12.3. The zero-order chi connectivity index (χ0) is 21.8. The van der Waals surface area contributed by atoms with Crippen LogP contribution in [-0.4, -0.2) is 20.8 Å². The average Bonchev–Trinajstić information content (AvgIpc) is 2.77. The topological polar surface area (TPSA) is 119 Å². The molecule has 0 radical (unpaired) electrons. The normalized spacial score (nSPS) is 10.5. The number of hydrazine groups is 1. The highest BCUT2D eigenvalue weighted by atomic mass is 16.6. The van der Waals surface area contributed by atoms with E-state index in [0.29, 0.717) is 11.3 Å². The molecule has 2 N–H and O–H groups in total. The number of amides is 1. The van der Waals surface area contributed by atoms with E-state index < -0.39 is 16.5 Å². The molecule has 0 atom stereocenters. The summed E-state index contributed by atoms with van der Waals surface area (Å²) in [5.74, 6) is -0.529. The summed E-state index contributed by atoms with van der Waals surface area (Å²) >= 11 is 0. The summed E-state index contributed by atoms with van der Waals surface area (Å²) in [5.41, 5.74) is 5.79. The number of rotatable bonds is 6. The van der Waals surface area contributed by atoms with Crippen molar-refractivity contribution in [3.05, 3.63) is 94.3 Å². The molecule has 0 fully saturated rings. The monoisotopic (exact) mass is 415 g/mol. The van der Waals surface area contributed by atoms with Gasteiger partial charge in [-0.1, -0.05) is 48.0 Å². The number of nitrogens with zero attached hydrogens (tertiary/aromatic N) is 3. The third kappa shape index (κ3) is 4.40. The summed E-state index contributed by atoms with van der Waals surface area (Å²) in [5, 5.41) is 13.6. The number of hydrogen-bond donors (Lipinski definition) is 2. The molecule has 4 aromatic rings. The van der Waals surface area contributed by atoms with E-state index >= 15 is 0 Å². The van der Waals surface area contributed by atoms with E-state index in [2.05, 4.69) is 20.8 Å². The van der Waals surface area contributed by atoms with E-state index in [9.17, 15) is 14.9 Å².